The number of nitrogens with zero attached hydrogens (tertiary/aromatic N) is 3. The van der Waals surface area contributed by atoms with Crippen LogP contribution in [0.2, 0.25) is 0 Å². The van der Waals surface area contributed by atoms with Crippen molar-refractivity contribution >= 4 is 28.1 Å². The van der Waals surface area contributed by atoms with Crippen molar-refractivity contribution in [2.24, 2.45) is 0 Å². The molecule has 1 aromatic heterocycles. The molecule has 1 fully saturated rings. The van der Waals surface area contributed by atoms with E-state index in [4.69, 9.17) is 9.72 Å². The lowest BCUT2D eigenvalue weighted by Crippen LogP contribution is -2.30. The van der Waals surface area contributed by atoms with E-state index in [1.54, 1.807) is 6.92 Å². The highest BCUT2D eigenvalue weighted by Crippen LogP contribution is 2.35. The van der Waals surface area contributed by atoms with E-state index in [2.05, 4.69) is 4.90 Å². The Labute approximate surface area is 169 Å². The van der Waals surface area contributed by atoms with Gasteiger partial charge in [0, 0.05) is 25.4 Å². The van der Waals surface area contributed by atoms with Crippen molar-refractivity contribution in [3.8, 4) is 11.5 Å². The molecule has 144 valence electrons. The first-order valence-corrected chi connectivity index (χ1v) is 10.3. The van der Waals surface area contributed by atoms with Crippen LogP contribution in [-0.2, 0) is 11.3 Å². The van der Waals surface area contributed by atoms with Gasteiger partial charge in [0.15, 0.2) is 10.9 Å². The van der Waals surface area contributed by atoms with E-state index in [1.807, 2.05) is 71.9 Å². The van der Waals surface area contributed by atoms with E-state index in [9.17, 15) is 4.79 Å². The second-order valence-electron chi connectivity index (χ2n) is 6.98. The van der Waals surface area contributed by atoms with Crippen LogP contribution in [0, 0.1) is 0 Å². The fourth-order valence-electron chi connectivity index (χ4n) is 3.16. The average molecular weight is 394 g/mol. The molecule has 0 spiro atoms. The van der Waals surface area contributed by atoms with E-state index in [-0.39, 0.29) is 5.91 Å². The van der Waals surface area contributed by atoms with Gasteiger partial charge < -0.3 is 9.64 Å². The van der Waals surface area contributed by atoms with Crippen molar-refractivity contribution < 1.29 is 9.53 Å². The van der Waals surface area contributed by atoms with E-state index in [0.717, 1.165) is 40.9 Å². The Morgan fingerprint density at radius 2 is 1.86 bits per heavy atom. The molecule has 2 aromatic carbocycles. The van der Waals surface area contributed by atoms with Gasteiger partial charge in [0.2, 0.25) is 5.91 Å². The number of carbonyl (C=O) groups excluding carboxylic acids is 1. The molecule has 3 aromatic rings. The Balaban J connectivity index is 1.50. The first kappa shape index (κ1) is 18.5. The lowest BCUT2D eigenvalue weighted by molar-refractivity contribution is -0.116. The Bertz CT molecular complexity index is 953. The first-order chi connectivity index (χ1) is 13.6. The molecule has 6 heteroatoms. The number of hydrogen-bond donors (Lipinski definition) is 0. The summed E-state index contributed by atoms with van der Waals surface area (Å²) in [6.07, 6.45) is 2.14. The van der Waals surface area contributed by atoms with Crippen LogP contribution in [0.5, 0.6) is 11.5 Å². The molecule has 1 heterocycles. The van der Waals surface area contributed by atoms with Crippen molar-refractivity contribution in [2.75, 3.05) is 16.8 Å². The SMILES string of the molecule is CC(=O)N(c1nc(CN(C)c2ccccc2Oc2ccccc2)cs1)C1CC1. The van der Waals surface area contributed by atoms with E-state index in [0.29, 0.717) is 12.6 Å². The van der Waals surface area contributed by atoms with Crippen molar-refractivity contribution in [3.63, 3.8) is 0 Å². The zero-order valence-corrected chi connectivity index (χ0v) is 16.9. The maximum atomic E-state index is 12.0. The van der Waals surface area contributed by atoms with Crippen LogP contribution in [0.15, 0.2) is 60.0 Å². The number of ether oxygens (including phenoxy) is 1. The van der Waals surface area contributed by atoms with E-state index >= 15 is 0 Å². The molecule has 4 rings (SSSR count). The molecule has 1 aliphatic carbocycles. The maximum absolute atomic E-state index is 12.0. The summed E-state index contributed by atoms with van der Waals surface area (Å²) in [6.45, 7) is 2.25. The molecular weight excluding hydrogens is 370 g/mol. The molecule has 5 nitrogen and oxygen atoms in total. The van der Waals surface area contributed by atoms with Gasteiger partial charge in [0.25, 0.3) is 0 Å². The van der Waals surface area contributed by atoms with Gasteiger partial charge in [0.05, 0.1) is 17.9 Å². The smallest absolute Gasteiger partial charge is 0.225 e. The summed E-state index contributed by atoms with van der Waals surface area (Å²) in [6, 6.07) is 18.1. The number of hydrogen-bond acceptors (Lipinski definition) is 5. The fraction of sp³-hybridized carbons (Fsp3) is 0.273. The van der Waals surface area contributed by atoms with Gasteiger partial charge in [-0.2, -0.15) is 0 Å². The summed E-state index contributed by atoms with van der Waals surface area (Å²) in [5.41, 5.74) is 1.94. The summed E-state index contributed by atoms with van der Waals surface area (Å²) in [5, 5.41) is 2.83. The van der Waals surface area contributed by atoms with Crippen LogP contribution in [0.1, 0.15) is 25.5 Å². The van der Waals surface area contributed by atoms with Crippen molar-refractivity contribution in [1.82, 2.24) is 4.98 Å². The number of amides is 1. The highest BCUT2D eigenvalue weighted by atomic mass is 32.1. The van der Waals surface area contributed by atoms with Crippen molar-refractivity contribution in [1.29, 1.82) is 0 Å². The van der Waals surface area contributed by atoms with E-state index in [1.165, 1.54) is 11.3 Å². The lowest BCUT2D eigenvalue weighted by Gasteiger charge is -2.21. The predicted octanol–water partition coefficient (Wildman–Crippen LogP) is 5.09. The van der Waals surface area contributed by atoms with Crippen LogP contribution in [-0.4, -0.2) is 24.0 Å². The highest BCUT2D eigenvalue weighted by molar-refractivity contribution is 7.14. The molecule has 0 bridgehead atoms. The summed E-state index contributed by atoms with van der Waals surface area (Å²) < 4.78 is 6.07. The number of rotatable bonds is 7. The standard InChI is InChI=1S/C22H23N3O2S/c1-16(26)25(18-12-13-18)22-23-17(15-28-22)14-24(2)20-10-6-7-11-21(20)27-19-8-4-3-5-9-19/h3-11,15,18H,12-14H2,1-2H3. The molecule has 0 N–H and O–H groups in total. The molecule has 1 amide bonds. The molecular formula is C22H23N3O2S. The number of thiazole rings is 1. The molecule has 28 heavy (non-hydrogen) atoms. The molecule has 0 radical (unpaired) electrons. The zero-order valence-electron chi connectivity index (χ0n) is 16.0. The van der Waals surface area contributed by atoms with Crippen LogP contribution < -0.4 is 14.5 Å². The van der Waals surface area contributed by atoms with Gasteiger partial charge in [0.1, 0.15) is 5.75 Å². The third kappa shape index (κ3) is 4.17. The molecule has 0 aliphatic heterocycles. The molecule has 0 atom stereocenters. The van der Waals surface area contributed by atoms with Crippen LogP contribution >= 0.6 is 11.3 Å². The second-order valence-corrected chi connectivity index (χ2v) is 7.82. The van der Waals surface area contributed by atoms with Gasteiger partial charge in [-0.1, -0.05) is 30.3 Å². The van der Waals surface area contributed by atoms with Crippen LogP contribution in [0.3, 0.4) is 0 Å². The van der Waals surface area contributed by atoms with Crippen molar-refractivity contribution in [2.45, 2.75) is 32.4 Å². The minimum Gasteiger partial charge on any atom is -0.455 e. The molecule has 0 unspecified atom stereocenters. The lowest BCUT2D eigenvalue weighted by atomic mass is 10.2. The van der Waals surface area contributed by atoms with Crippen LogP contribution in [0.4, 0.5) is 10.8 Å². The van der Waals surface area contributed by atoms with Gasteiger partial charge in [-0.05, 0) is 37.1 Å². The Morgan fingerprint density at radius 3 is 2.57 bits per heavy atom. The first-order valence-electron chi connectivity index (χ1n) is 9.39. The number of anilines is 2. The number of aromatic nitrogens is 1. The number of benzene rings is 2. The number of carbonyl (C=O) groups is 1. The van der Waals surface area contributed by atoms with Gasteiger partial charge in [-0.15, -0.1) is 11.3 Å². The summed E-state index contributed by atoms with van der Waals surface area (Å²) >= 11 is 1.53. The summed E-state index contributed by atoms with van der Waals surface area (Å²) in [5.74, 6) is 1.68. The Kier molecular flexibility index (Phi) is 5.30. The quantitative estimate of drug-likeness (QED) is 0.561. The monoisotopic (exact) mass is 393 g/mol. The Hall–Kier alpha value is -2.86. The molecule has 0 saturated heterocycles. The fourth-order valence-corrected chi connectivity index (χ4v) is 4.09. The van der Waals surface area contributed by atoms with Crippen molar-refractivity contribution in [3.05, 3.63) is 65.7 Å². The predicted molar refractivity (Wildman–Crippen MR) is 113 cm³/mol. The van der Waals surface area contributed by atoms with Gasteiger partial charge in [-0.3, -0.25) is 9.69 Å². The third-order valence-corrected chi connectivity index (χ3v) is 5.53. The average Bonchev–Trinajstić information content (AvgIpc) is 3.41. The minimum absolute atomic E-state index is 0.0679. The largest absolute Gasteiger partial charge is 0.455 e. The van der Waals surface area contributed by atoms with E-state index < -0.39 is 0 Å². The van der Waals surface area contributed by atoms with Gasteiger partial charge >= 0.3 is 0 Å². The normalized spacial score (nSPS) is 13.2. The Morgan fingerprint density at radius 1 is 1.14 bits per heavy atom. The third-order valence-electron chi connectivity index (χ3n) is 4.64. The zero-order chi connectivity index (χ0) is 19.5. The highest BCUT2D eigenvalue weighted by Gasteiger charge is 2.33. The molecule has 1 saturated carbocycles. The molecule has 1 aliphatic rings. The van der Waals surface area contributed by atoms with Gasteiger partial charge in [-0.25, -0.2) is 4.98 Å². The number of para-hydroxylation sites is 3. The van der Waals surface area contributed by atoms with Crippen LogP contribution in [0.25, 0.3) is 0 Å². The minimum atomic E-state index is 0.0679. The maximum Gasteiger partial charge on any atom is 0.225 e. The second kappa shape index (κ2) is 8.02. The summed E-state index contributed by atoms with van der Waals surface area (Å²) in [7, 11) is 2.02. The summed E-state index contributed by atoms with van der Waals surface area (Å²) in [4.78, 5) is 20.6. The topological polar surface area (TPSA) is 45.7 Å².